The minimum atomic E-state index is -0.614. The number of carbonyl (C=O) groups is 1. The van der Waals surface area contributed by atoms with Crippen molar-refractivity contribution in [1.82, 2.24) is 9.80 Å². The second-order valence-electron chi connectivity index (χ2n) is 11.0. The Hall–Kier alpha value is -2.61. The third kappa shape index (κ3) is 6.68. The number of nitriles is 1. The molecule has 2 saturated heterocycles. The fourth-order valence-corrected chi connectivity index (χ4v) is 6.76. The number of carbonyl (C=O) groups excluding carboxylic acids is 1. The van der Waals surface area contributed by atoms with Crippen LogP contribution in [0.15, 0.2) is 53.4 Å². The second kappa shape index (κ2) is 11.6. The van der Waals surface area contributed by atoms with Crippen molar-refractivity contribution in [3.8, 4) is 11.8 Å². The molecule has 0 aliphatic carbocycles. The molecule has 5 rings (SSSR count). The van der Waals surface area contributed by atoms with E-state index in [2.05, 4.69) is 41.8 Å². The normalized spacial score (nSPS) is 24.3. The highest BCUT2D eigenvalue weighted by atomic mass is 32.2. The zero-order valence-corrected chi connectivity index (χ0v) is 22.9. The van der Waals surface area contributed by atoms with Crippen molar-refractivity contribution in [3.63, 3.8) is 0 Å². The van der Waals surface area contributed by atoms with E-state index in [0.29, 0.717) is 30.8 Å². The highest BCUT2D eigenvalue weighted by molar-refractivity contribution is 8.00. The molecule has 0 radical (unpaired) electrons. The van der Waals surface area contributed by atoms with Gasteiger partial charge in [0.1, 0.15) is 18.5 Å². The molecule has 2 aromatic carbocycles. The topological polar surface area (TPSA) is 89.3 Å². The highest BCUT2D eigenvalue weighted by Crippen LogP contribution is 2.43. The predicted octanol–water partition coefficient (Wildman–Crippen LogP) is 2.99. The molecule has 8 nitrogen and oxygen atoms in total. The average molecular weight is 537 g/mol. The maximum absolute atomic E-state index is 13.2. The number of thioether (sulfide) groups is 1. The van der Waals surface area contributed by atoms with Gasteiger partial charge in [-0.1, -0.05) is 12.1 Å². The minimum absolute atomic E-state index is 0.0794. The molecule has 9 heteroatoms. The summed E-state index contributed by atoms with van der Waals surface area (Å²) in [7, 11) is 0. The smallest absolute Gasteiger partial charge is 0.228 e. The van der Waals surface area contributed by atoms with Gasteiger partial charge in [-0.25, -0.2) is 0 Å². The molecule has 1 N–H and O–H groups in total. The monoisotopic (exact) mass is 536 g/mol. The molecule has 0 spiro atoms. The molecule has 3 heterocycles. The highest BCUT2D eigenvalue weighted by Gasteiger charge is 2.37. The molecular weight excluding hydrogens is 500 g/mol. The molecule has 202 valence electrons. The number of aliphatic hydroxyl groups excluding tert-OH is 1. The Morgan fingerprint density at radius 2 is 1.76 bits per heavy atom. The van der Waals surface area contributed by atoms with Crippen molar-refractivity contribution < 1.29 is 19.4 Å². The van der Waals surface area contributed by atoms with Gasteiger partial charge in [-0.3, -0.25) is 14.6 Å². The molecule has 3 aliphatic heterocycles. The number of amides is 1. The number of benzene rings is 2. The van der Waals surface area contributed by atoms with Gasteiger partial charge >= 0.3 is 0 Å². The predicted molar refractivity (Wildman–Crippen MR) is 148 cm³/mol. The first-order chi connectivity index (χ1) is 18.3. The van der Waals surface area contributed by atoms with E-state index in [4.69, 9.17) is 14.7 Å². The van der Waals surface area contributed by atoms with Crippen LogP contribution in [0, 0.1) is 11.3 Å². The van der Waals surface area contributed by atoms with Crippen LogP contribution in [0.4, 0.5) is 5.69 Å². The molecule has 3 aliphatic rings. The standard InChI is InChI=1S/C29H36N4O4S/c1-29(2)13-28(35)33(26-5-3-4-6-27(26)38-29)12-11-31-16-24-18-32(19-25(17-31)37-24)15-22(34)20-36-23-9-7-21(14-30)8-10-23/h3-10,22,24-25,34H,11-13,15-20H2,1-2H3/t22-,24?,25?/m0/s1. The average Bonchev–Trinajstić information content (AvgIpc) is 2.97. The van der Waals surface area contributed by atoms with Crippen LogP contribution in [0.1, 0.15) is 25.8 Å². The molecule has 2 fully saturated rings. The summed E-state index contributed by atoms with van der Waals surface area (Å²) < 4.78 is 11.8. The number of rotatable bonds is 8. The maximum Gasteiger partial charge on any atom is 0.228 e. The summed E-state index contributed by atoms with van der Waals surface area (Å²) in [6, 6.07) is 17.2. The molecule has 0 aromatic heterocycles. The Kier molecular flexibility index (Phi) is 8.26. The van der Waals surface area contributed by atoms with E-state index >= 15 is 0 Å². The first-order valence-corrected chi connectivity index (χ1v) is 14.1. The van der Waals surface area contributed by atoms with E-state index in [1.54, 1.807) is 36.0 Å². The number of nitrogens with zero attached hydrogens (tertiary/aromatic N) is 4. The van der Waals surface area contributed by atoms with E-state index in [0.717, 1.165) is 38.4 Å². The third-order valence-corrected chi connectivity index (χ3v) is 8.45. The summed E-state index contributed by atoms with van der Waals surface area (Å²) in [5, 5.41) is 19.5. The van der Waals surface area contributed by atoms with E-state index in [1.165, 1.54) is 4.90 Å². The van der Waals surface area contributed by atoms with Crippen LogP contribution >= 0.6 is 11.8 Å². The van der Waals surface area contributed by atoms with Crippen molar-refractivity contribution in [2.75, 3.05) is 57.3 Å². The first kappa shape index (κ1) is 27.0. The van der Waals surface area contributed by atoms with Crippen LogP contribution in [0.5, 0.6) is 5.75 Å². The van der Waals surface area contributed by atoms with Crippen molar-refractivity contribution in [2.24, 2.45) is 0 Å². The zero-order valence-electron chi connectivity index (χ0n) is 22.1. The Bertz CT molecular complexity index is 1150. The summed E-state index contributed by atoms with van der Waals surface area (Å²) in [4.78, 5) is 21.0. The summed E-state index contributed by atoms with van der Waals surface area (Å²) >= 11 is 1.78. The van der Waals surface area contributed by atoms with Gasteiger partial charge in [0, 0.05) is 61.9 Å². The molecule has 2 unspecified atom stereocenters. The fourth-order valence-electron chi connectivity index (χ4n) is 5.54. The SMILES string of the molecule is CC1(C)CC(=O)N(CCN2CC3CN(C[C@H](O)COc4ccc(C#N)cc4)CC(C2)O3)c2ccccc2S1. The van der Waals surface area contributed by atoms with Gasteiger partial charge in [0.25, 0.3) is 0 Å². The Morgan fingerprint density at radius 3 is 2.47 bits per heavy atom. The summed E-state index contributed by atoms with van der Waals surface area (Å²) in [5.74, 6) is 0.828. The van der Waals surface area contributed by atoms with Gasteiger partial charge in [0.05, 0.1) is 29.5 Å². The largest absolute Gasteiger partial charge is 0.491 e. The van der Waals surface area contributed by atoms with E-state index in [1.807, 2.05) is 17.0 Å². The van der Waals surface area contributed by atoms with Crippen LogP contribution in [-0.4, -0.2) is 96.3 Å². The van der Waals surface area contributed by atoms with Gasteiger partial charge in [0.2, 0.25) is 5.91 Å². The quantitative estimate of drug-likeness (QED) is 0.551. The minimum Gasteiger partial charge on any atom is -0.491 e. The van der Waals surface area contributed by atoms with Gasteiger partial charge in [0.15, 0.2) is 0 Å². The van der Waals surface area contributed by atoms with Crippen LogP contribution in [0.25, 0.3) is 0 Å². The van der Waals surface area contributed by atoms with Crippen LogP contribution < -0.4 is 9.64 Å². The van der Waals surface area contributed by atoms with E-state index in [9.17, 15) is 9.90 Å². The number of β-amino-alcohol motifs (C(OH)–C–C–N with tert-alkyl or cyclic N) is 1. The van der Waals surface area contributed by atoms with Crippen molar-refractivity contribution in [3.05, 3.63) is 54.1 Å². The number of ether oxygens (including phenoxy) is 2. The molecular formula is C29H36N4O4S. The van der Waals surface area contributed by atoms with Crippen LogP contribution in [0.2, 0.25) is 0 Å². The van der Waals surface area contributed by atoms with Gasteiger partial charge in [-0.05, 0) is 50.2 Å². The van der Waals surface area contributed by atoms with Gasteiger partial charge in [-0.15, -0.1) is 11.8 Å². The molecule has 2 aromatic rings. The van der Waals surface area contributed by atoms with E-state index < -0.39 is 6.10 Å². The lowest BCUT2D eigenvalue weighted by atomic mass is 10.1. The number of fused-ring (bicyclic) bond motifs is 3. The van der Waals surface area contributed by atoms with Crippen molar-refractivity contribution in [1.29, 1.82) is 5.26 Å². The molecule has 0 saturated carbocycles. The molecule has 38 heavy (non-hydrogen) atoms. The number of hydrogen-bond acceptors (Lipinski definition) is 8. The second-order valence-corrected chi connectivity index (χ2v) is 12.8. The lowest BCUT2D eigenvalue weighted by molar-refractivity contribution is -0.142. The lowest BCUT2D eigenvalue weighted by Gasteiger charge is -2.46. The zero-order chi connectivity index (χ0) is 26.7. The molecule has 3 atom stereocenters. The maximum atomic E-state index is 13.2. The Labute approximate surface area is 229 Å². The van der Waals surface area contributed by atoms with E-state index in [-0.39, 0.29) is 29.5 Å². The number of hydrogen-bond donors (Lipinski definition) is 1. The summed E-state index contributed by atoms with van der Waals surface area (Å²) in [6.45, 7) is 9.63. The summed E-state index contributed by atoms with van der Waals surface area (Å²) in [5.41, 5.74) is 1.60. The Balaban J connectivity index is 1.11. The lowest BCUT2D eigenvalue weighted by Crippen LogP contribution is -2.61. The first-order valence-electron chi connectivity index (χ1n) is 13.3. The van der Waals surface area contributed by atoms with Crippen LogP contribution in [-0.2, 0) is 9.53 Å². The Morgan fingerprint density at radius 1 is 1.08 bits per heavy atom. The number of para-hydroxylation sites is 1. The number of aliphatic hydroxyl groups is 1. The molecule has 2 bridgehead atoms. The van der Waals surface area contributed by atoms with Gasteiger partial charge < -0.3 is 19.5 Å². The molecule has 1 amide bonds. The third-order valence-electron chi connectivity index (χ3n) is 7.19. The number of morpholine rings is 2. The van der Waals surface area contributed by atoms with Crippen molar-refractivity contribution >= 4 is 23.4 Å². The fraction of sp³-hybridized carbons (Fsp3) is 0.517. The van der Waals surface area contributed by atoms with Crippen molar-refractivity contribution in [2.45, 2.75) is 48.2 Å². The summed E-state index contributed by atoms with van der Waals surface area (Å²) in [6.07, 6.45) is 0.0655. The van der Waals surface area contributed by atoms with Gasteiger partial charge in [-0.2, -0.15) is 5.26 Å². The van der Waals surface area contributed by atoms with Crippen LogP contribution in [0.3, 0.4) is 0 Å². The number of anilines is 1.